The van der Waals surface area contributed by atoms with Crippen molar-refractivity contribution in [2.24, 2.45) is 0 Å². The molecule has 112 valence electrons. The molecule has 0 aliphatic rings. The number of nitrogen functional groups attached to an aromatic ring is 1. The van der Waals surface area contributed by atoms with Crippen LogP contribution in [0.25, 0.3) is 0 Å². The van der Waals surface area contributed by atoms with Gasteiger partial charge in [-0.2, -0.15) is 15.0 Å². The van der Waals surface area contributed by atoms with Crippen LogP contribution in [0.1, 0.15) is 25.0 Å². The highest BCUT2D eigenvalue weighted by atomic mass is 16.5. The Bertz CT molecular complexity index is 625. The average Bonchev–Trinajstić information content (AvgIpc) is 2.44. The van der Waals surface area contributed by atoms with E-state index < -0.39 is 0 Å². The van der Waals surface area contributed by atoms with Gasteiger partial charge in [-0.25, -0.2) is 0 Å². The average molecular weight is 287 g/mol. The minimum atomic E-state index is 0.158. The van der Waals surface area contributed by atoms with E-state index in [1.165, 1.54) is 5.56 Å². The summed E-state index contributed by atoms with van der Waals surface area (Å²) in [6, 6.07) is 6.06. The van der Waals surface area contributed by atoms with Crippen molar-refractivity contribution in [3.63, 3.8) is 0 Å². The van der Waals surface area contributed by atoms with Gasteiger partial charge in [0.25, 0.3) is 0 Å². The molecule has 0 amide bonds. The number of hydrogen-bond acceptors (Lipinski definition) is 6. The fourth-order valence-corrected chi connectivity index (χ4v) is 1.94. The van der Waals surface area contributed by atoms with Gasteiger partial charge in [0.2, 0.25) is 11.9 Å². The van der Waals surface area contributed by atoms with E-state index in [4.69, 9.17) is 10.5 Å². The Hall–Kier alpha value is -2.37. The predicted octanol–water partition coefficient (Wildman–Crippen LogP) is 2.71. The molecule has 0 spiro atoms. The lowest BCUT2D eigenvalue weighted by atomic mass is 10.1. The molecule has 1 aromatic heterocycles. The SMILES string of the molecule is CCN(CC)c1nc(N)nc(Oc2ccc(C)c(C)c2)n1. The largest absolute Gasteiger partial charge is 0.424 e. The Morgan fingerprint density at radius 1 is 1.05 bits per heavy atom. The Labute approximate surface area is 125 Å². The normalized spacial score (nSPS) is 10.5. The topological polar surface area (TPSA) is 77.2 Å². The molecule has 0 saturated carbocycles. The van der Waals surface area contributed by atoms with Gasteiger partial charge in [-0.05, 0) is 51.0 Å². The molecule has 2 N–H and O–H groups in total. The van der Waals surface area contributed by atoms with Gasteiger partial charge < -0.3 is 15.4 Å². The summed E-state index contributed by atoms with van der Waals surface area (Å²) < 4.78 is 5.71. The number of aryl methyl sites for hydroxylation is 2. The van der Waals surface area contributed by atoms with Crippen LogP contribution in [0.4, 0.5) is 11.9 Å². The van der Waals surface area contributed by atoms with Crippen molar-refractivity contribution in [2.45, 2.75) is 27.7 Å². The number of aromatic nitrogens is 3. The van der Waals surface area contributed by atoms with Crippen LogP contribution in [0.3, 0.4) is 0 Å². The number of rotatable bonds is 5. The molecule has 0 aliphatic heterocycles. The zero-order valence-electron chi connectivity index (χ0n) is 12.9. The van der Waals surface area contributed by atoms with Crippen LogP contribution in [0.5, 0.6) is 11.8 Å². The van der Waals surface area contributed by atoms with E-state index in [1.54, 1.807) is 0 Å². The lowest BCUT2D eigenvalue weighted by Crippen LogP contribution is -2.25. The van der Waals surface area contributed by atoms with Gasteiger partial charge in [-0.3, -0.25) is 0 Å². The fraction of sp³-hybridized carbons (Fsp3) is 0.400. The summed E-state index contributed by atoms with van der Waals surface area (Å²) in [6.45, 7) is 9.75. The van der Waals surface area contributed by atoms with E-state index in [-0.39, 0.29) is 12.0 Å². The summed E-state index contributed by atoms with van der Waals surface area (Å²) in [7, 11) is 0. The summed E-state index contributed by atoms with van der Waals surface area (Å²) in [5.74, 6) is 1.38. The Morgan fingerprint density at radius 2 is 1.76 bits per heavy atom. The fourth-order valence-electron chi connectivity index (χ4n) is 1.94. The standard InChI is InChI=1S/C15H21N5O/c1-5-20(6-2)14-17-13(16)18-15(19-14)21-12-8-7-10(3)11(4)9-12/h7-9H,5-6H2,1-4H3,(H2,16,17,18,19). The van der Waals surface area contributed by atoms with E-state index in [0.717, 1.165) is 18.7 Å². The number of hydrogen-bond donors (Lipinski definition) is 1. The second kappa shape index (κ2) is 6.39. The number of benzene rings is 1. The molecule has 6 heteroatoms. The van der Waals surface area contributed by atoms with E-state index in [9.17, 15) is 0 Å². The predicted molar refractivity (Wildman–Crippen MR) is 83.8 cm³/mol. The van der Waals surface area contributed by atoms with Gasteiger partial charge >= 0.3 is 6.01 Å². The highest BCUT2D eigenvalue weighted by Crippen LogP contribution is 2.22. The lowest BCUT2D eigenvalue weighted by molar-refractivity contribution is 0.440. The summed E-state index contributed by atoms with van der Waals surface area (Å²) >= 11 is 0. The van der Waals surface area contributed by atoms with Crippen LogP contribution >= 0.6 is 0 Å². The Kier molecular flexibility index (Phi) is 4.57. The van der Waals surface area contributed by atoms with Gasteiger partial charge in [0.1, 0.15) is 5.75 Å². The summed E-state index contributed by atoms with van der Waals surface area (Å²) in [4.78, 5) is 14.5. The second-order valence-corrected chi connectivity index (χ2v) is 4.80. The van der Waals surface area contributed by atoms with E-state index in [1.807, 2.05) is 43.9 Å². The number of anilines is 2. The minimum Gasteiger partial charge on any atom is -0.424 e. The highest BCUT2D eigenvalue weighted by Gasteiger charge is 2.11. The molecule has 1 aromatic carbocycles. The molecule has 0 fully saturated rings. The molecule has 0 aliphatic carbocycles. The second-order valence-electron chi connectivity index (χ2n) is 4.80. The molecule has 0 bridgehead atoms. The first kappa shape index (κ1) is 15.0. The molecule has 0 unspecified atom stereocenters. The molecule has 0 saturated heterocycles. The number of nitrogens with zero attached hydrogens (tertiary/aromatic N) is 4. The number of ether oxygens (including phenoxy) is 1. The molecule has 6 nitrogen and oxygen atoms in total. The first-order chi connectivity index (χ1) is 10.0. The van der Waals surface area contributed by atoms with Gasteiger partial charge in [0.05, 0.1) is 0 Å². The van der Waals surface area contributed by atoms with Crippen LogP contribution in [0.2, 0.25) is 0 Å². The van der Waals surface area contributed by atoms with E-state index >= 15 is 0 Å². The first-order valence-electron chi connectivity index (χ1n) is 7.05. The third kappa shape index (κ3) is 3.59. The molecule has 2 rings (SSSR count). The van der Waals surface area contributed by atoms with E-state index in [0.29, 0.717) is 11.7 Å². The van der Waals surface area contributed by atoms with Crippen LogP contribution in [-0.4, -0.2) is 28.0 Å². The van der Waals surface area contributed by atoms with Crippen LogP contribution in [0, 0.1) is 13.8 Å². The van der Waals surface area contributed by atoms with Crippen molar-refractivity contribution >= 4 is 11.9 Å². The van der Waals surface area contributed by atoms with Gasteiger partial charge in [0.15, 0.2) is 0 Å². The molecule has 0 radical (unpaired) electrons. The van der Waals surface area contributed by atoms with Gasteiger partial charge in [-0.15, -0.1) is 0 Å². The Balaban J connectivity index is 2.29. The molecule has 2 aromatic rings. The van der Waals surface area contributed by atoms with Crippen molar-refractivity contribution in [2.75, 3.05) is 23.7 Å². The monoisotopic (exact) mass is 287 g/mol. The zero-order chi connectivity index (χ0) is 15.4. The maximum atomic E-state index is 5.75. The number of nitrogens with two attached hydrogens (primary N) is 1. The van der Waals surface area contributed by atoms with Crippen molar-refractivity contribution in [1.82, 2.24) is 15.0 Å². The molecule has 0 atom stereocenters. The first-order valence-corrected chi connectivity index (χ1v) is 7.05. The lowest BCUT2D eigenvalue weighted by Gasteiger charge is -2.18. The maximum Gasteiger partial charge on any atom is 0.328 e. The van der Waals surface area contributed by atoms with Gasteiger partial charge in [0, 0.05) is 13.1 Å². The third-order valence-corrected chi connectivity index (χ3v) is 3.35. The molecule has 1 heterocycles. The quantitative estimate of drug-likeness (QED) is 0.911. The van der Waals surface area contributed by atoms with E-state index in [2.05, 4.69) is 21.9 Å². The van der Waals surface area contributed by atoms with Crippen LogP contribution in [-0.2, 0) is 0 Å². The minimum absolute atomic E-state index is 0.158. The summed E-state index contributed by atoms with van der Waals surface area (Å²) in [5.41, 5.74) is 8.11. The van der Waals surface area contributed by atoms with Crippen molar-refractivity contribution < 1.29 is 4.74 Å². The smallest absolute Gasteiger partial charge is 0.328 e. The van der Waals surface area contributed by atoms with Gasteiger partial charge in [-0.1, -0.05) is 6.07 Å². The summed E-state index contributed by atoms with van der Waals surface area (Å²) in [6.07, 6.45) is 0. The maximum absolute atomic E-state index is 5.75. The van der Waals surface area contributed by atoms with Crippen LogP contribution < -0.4 is 15.4 Å². The third-order valence-electron chi connectivity index (χ3n) is 3.35. The van der Waals surface area contributed by atoms with Crippen molar-refractivity contribution in [1.29, 1.82) is 0 Å². The Morgan fingerprint density at radius 3 is 2.38 bits per heavy atom. The molecule has 21 heavy (non-hydrogen) atoms. The van der Waals surface area contributed by atoms with Crippen LogP contribution in [0.15, 0.2) is 18.2 Å². The molecular formula is C15H21N5O. The zero-order valence-corrected chi connectivity index (χ0v) is 12.9. The van der Waals surface area contributed by atoms with Crippen molar-refractivity contribution in [3.05, 3.63) is 29.3 Å². The molecular weight excluding hydrogens is 266 g/mol. The van der Waals surface area contributed by atoms with Crippen molar-refractivity contribution in [3.8, 4) is 11.8 Å². The highest BCUT2D eigenvalue weighted by molar-refractivity contribution is 5.38. The summed E-state index contributed by atoms with van der Waals surface area (Å²) in [5, 5.41) is 0.